The van der Waals surface area contributed by atoms with Gasteiger partial charge in [-0.2, -0.15) is 19.7 Å². The van der Waals surface area contributed by atoms with Crippen molar-refractivity contribution in [2.45, 2.75) is 58.1 Å². The third kappa shape index (κ3) is 4.39. The molecule has 0 bridgehead atoms. The van der Waals surface area contributed by atoms with E-state index in [1.165, 1.54) is 0 Å². The van der Waals surface area contributed by atoms with E-state index in [2.05, 4.69) is 26.5 Å². The molecule has 0 atom stereocenters. The van der Waals surface area contributed by atoms with Crippen molar-refractivity contribution in [1.29, 1.82) is 5.26 Å². The lowest BCUT2D eigenvalue weighted by Crippen LogP contribution is -2.26. The van der Waals surface area contributed by atoms with Crippen LogP contribution in [0.3, 0.4) is 0 Å². The van der Waals surface area contributed by atoms with E-state index in [9.17, 15) is 14.8 Å². The topological polar surface area (TPSA) is 109 Å². The zero-order valence-corrected chi connectivity index (χ0v) is 16.3. The quantitative estimate of drug-likeness (QED) is 0.783. The SMILES string of the molecule is Cc1c(Nc2ncc(F)c(OCC3CCC(O)CC3)n2)cnn1C(C)(C)C#N. The predicted molar refractivity (Wildman–Crippen MR) is 101 cm³/mol. The van der Waals surface area contributed by atoms with Gasteiger partial charge in [0, 0.05) is 0 Å². The second kappa shape index (κ2) is 8.10. The first-order valence-corrected chi connectivity index (χ1v) is 9.37. The highest BCUT2D eigenvalue weighted by molar-refractivity contribution is 5.55. The van der Waals surface area contributed by atoms with Crippen LogP contribution in [0, 0.1) is 30.0 Å². The summed E-state index contributed by atoms with van der Waals surface area (Å²) in [5.74, 6) is -0.263. The molecule has 28 heavy (non-hydrogen) atoms. The molecule has 1 aliphatic rings. The number of nitriles is 1. The molecule has 3 rings (SSSR count). The molecule has 0 spiro atoms. The Balaban J connectivity index is 1.69. The van der Waals surface area contributed by atoms with Gasteiger partial charge < -0.3 is 15.2 Å². The first-order chi connectivity index (χ1) is 13.3. The van der Waals surface area contributed by atoms with Crippen molar-refractivity contribution >= 4 is 11.6 Å². The molecule has 0 saturated heterocycles. The molecule has 1 aliphatic carbocycles. The Labute approximate surface area is 163 Å². The molecule has 0 radical (unpaired) electrons. The lowest BCUT2D eigenvalue weighted by molar-refractivity contribution is 0.0899. The zero-order valence-electron chi connectivity index (χ0n) is 16.3. The van der Waals surface area contributed by atoms with Gasteiger partial charge in [0.15, 0.2) is 0 Å². The Morgan fingerprint density at radius 2 is 2.07 bits per heavy atom. The molecule has 1 saturated carbocycles. The van der Waals surface area contributed by atoms with E-state index in [1.54, 1.807) is 24.7 Å². The Kier molecular flexibility index (Phi) is 5.79. The van der Waals surface area contributed by atoms with E-state index >= 15 is 0 Å². The number of aromatic nitrogens is 4. The fraction of sp³-hybridized carbons (Fsp3) is 0.579. The summed E-state index contributed by atoms with van der Waals surface area (Å²) in [6.07, 6.45) is 5.60. The zero-order chi connectivity index (χ0) is 20.3. The third-order valence-corrected chi connectivity index (χ3v) is 5.04. The van der Waals surface area contributed by atoms with Gasteiger partial charge in [-0.25, -0.2) is 9.67 Å². The van der Waals surface area contributed by atoms with E-state index < -0.39 is 11.4 Å². The third-order valence-electron chi connectivity index (χ3n) is 5.04. The normalized spacial score (nSPS) is 19.9. The summed E-state index contributed by atoms with van der Waals surface area (Å²) in [4.78, 5) is 8.09. The van der Waals surface area contributed by atoms with Crippen LogP contribution >= 0.6 is 0 Å². The van der Waals surface area contributed by atoms with Gasteiger partial charge >= 0.3 is 0 Å². The molecule has 2 N–H and O–H groups in total. The van der Waals surface area contributed by atoms with Gasteiger partial charge in [0.2, 0.25) is 11.8 Å². The smallest absolute Gasteiger partial charge is 0.255 e. The number of ether oxygens (including phenoxy) is 1. The Morgan fingerprint density at radius 1 is 1.36 bits per heavy atom. The minimum Gasteiger partial charge on any atom is -0.475 e. The van der Waals surface area contributed by atoms with E-state index in [1.807, 2.05) is 6.92 Å². The second-order valence-corrected chi connectivity index (χ2v) is 7.68. The summed E-state index contributed by atoms with van der Waals surface area (Å²) in [5, 5.41) is 26.1. The molecule has 0 amide bonds. The van der Waals surface area contributed by atoms with E-state index in [-0.39, 0.29) is 23.9 Å². The largest absolute Gasteiger partial charge is 0.475 e. The minimum atomic E-state index is -0.796. The van der Waals surface area contributed by atoms with Gasteiger partial charge in [-0.3, -0.25) is 0 Å². The van der Waals surface area contributed by atoms with Crippen molar-refractivity contribution < 1.29 is 14.2 Å². The van der Waals surface area contributed by atoms with Crippen LogP contribution in [0.1, 0.15) is 45.2 Å². The highest BCUT2D eigenvalue weighted by Gasteiger charge is 2.24. The molecule has 150 valence electrons. The first-order valence-electron chi connectivity index (χ1n) is 9.37. The Hall–Kier alpha value is -2.73. The number of nitrogens with zero attached hydrogens (tertiary/aromatic N) is 5. The van der Waals surface area contributed by atoms with Gasteiger partial charge in [-0.1, -0.05) is 0 Å². The minimum absolute atomic E-state index is 0.106. The molecular formula is C19H25FN6O2. The molecule has 2 heterocycles. The monoisotopic (exact) mass is 388 g/mol. The van der Waals surface area contributed by atoms with E-state index in [0.29, 0.717) is 12.3 Å². The summed E-state index contributed by atoms with van der Waals surface area (Å²) in [6, 6.07) is 2.20. The fourth-order valence-corrected chi connectivity index (χ4v) is 3.28. The Morgan fingerprint density at radius 3 is 2.75 bits per heavy atom. The average Bonchev–Trinajstić information content (AvgIpc) is 3.04. The van der Waals surface area contributed by atoms with Crippen LogP contribution in [0.15, 0.2) is 12.4 Å². The van der Waals surface area contributed by atoms with Crippen LogP contribution in [0.2, 0.25) is 0 Å². The molecule has 2 aromatic heterocycles. The number of hydrogen-bond donors (Lipinski definition) is 2. The van der Waals surface area contributed by atoms with Crippen LogP contribution in [0.25, 0.3) is 0 Å². The van der Waals surface area contributed by atoms with Crippen molar-refractivity contribution in [2.24, 2.45) is 5.92 Å². The van der Waals surface area contributed by atoms with Gasteiger partial charge in [0.25, 0.3) is 5.88 Å². The lowest BCUT2D eigenvalue weighted by atomic mass is 9.88. The number of hydrogen-bond acceptors (Lipinski definition) is 7. The van der Waals surface area contributed by atoms with Crippen molar-refractivity contribution in [3.05, 3.63) is 23.9 Å². The molecule has 2 aromatic rings. The number of aliphatic hydroxyl groups is 1. The number of nitrogens with one attached hydrogen (secondary N) is 1. The maximum Gasteiger partial charge on any atom is 0.255 e. The highest BCUT2D eigenvalue weighted by Crippen LogP contribution is 2.27. The van der Waals surface area contributed by atoms with Gasteiger partial charge in [0.1, 0.15) is 5.54 Å². The standard InChI is InChI=1S/C19H25FN6O2/c1-12-16(9-23-26(12)19(2,3)11-21)24-18-22-8-15(20)17(25-18)28-10-13-4-6-14(27)7-5-13/h8-9,13-14,27H,4-7,10H2,1-3H3,(H,22,24,25). The summed E-state index contributed by atoms with van der Waals surface area (Å²) in [6.45, 7) is 5.71. The highest BCUT2D eigenvalue weighted by atomic mass is 19.1. The van der Waals surface area contributed by atoms with Crippen molar-refractivity contribution in [1.82, 2.24) is 19.7 Å². The molecule has 0 unspecified atom stereocenters. The first kappa shape index (κ1) is 20.0. The van der Waals surface area contributed by atoms with Crippen molar-refractivity contribution in [2.75, 3.05) is 11.9 Å². The molecule has 9 heteroatoms. The number of aliphatic hydroxyl groups excluding tert-OH is 1. The van der Waals surface area contributed by atoms with E-state index in [0.717, 1.165) is 37.6 Å². The van der Waals surface area contributed by atoms with Crippen LogP contribution in [-0.2, 0) is 5.54 Å². The molecule has 0 aliphatic heterocycles. The molecule has 1 fully saturated rings. The maximum absolute atomic E-state index is 14.0. The van der Waals surface area contributed by atoms with Crippen LogP contribution < -0.4 is 10.1 Å². The summed E-state index contributed by atoms with van der Waals surface area (Å²) < 4.78 is 21.2. The summed E-state index contributed by atoms with van der Waals surface area (Å²) >= 11 is 0. The van der Waals surface area contributed by atoms with Crippen molar-refractivity contribution in [3.63, 3.8) is 0 Å². The lowest BCUT2D eigenvalue weighted by Gasteiger charge is -2.25. The maximum atomic E-state index is 14.0. The van der Waals surface area contributed by atoms with Crippen LogP contribution in [0.5, 0.6) is 5.88 Å². The van der Waals surface area contributed by atoms with Crippen LogP contribution in [0.4, 0.5) is 16.0 Å². The Bertz CT molecular complexity index is 868. The average molecular weight is 388 g/mol. The fourth-order valence-electron chi connectivity index (χ4n) is 3.28. The van der Waals surface area contributed by atoms with Crippen molar-refractivity contribution in [3.8, 4) is 11.9 Å². The van der Waals surface area contributed by atoms with Crippen LogP contribution in [-0.4, -0.2) is 37.6 Å². The van der Waals surface area contributed by atoms with Gasteiger partial charge in [0.05, 0.1) is 42.6 Å². The summed E-state index contributed by atoms with van der Waals surface area (Å²) in [7, 11) is 0. The predicted octanol–water partition coefficient (Wildman–Crippen LogP) is 3.05. The number of rotatable bonds is 6. The molecule has 8 nitrogen and oxygen atoms in total. The number of anilines is 2. The molecular weight excluding hydrogens is 363 g/mol. The number of halogens is 1. The molecule has 0 aromatic carbocycles. The van der Waals surface area contributed by atoms with Gasteiger partial charge in [-0.05, 0) is 52.4 Å². The van der Waals surface area contributed by atoms with Gasteiger partial charge in [-0.15, -0.1) is 0 Å². The second-order valence-electron chi connectivity index (χ2n) is 7.68. The van der Waals surface area contributed by atoms with E-state index in [4.69, 9.17) is 4.74 Å². The summed E-state index contributed by atoms with van der Waals surface area (Å²) in [5.41, 5.74) is 0.569.